The summed E-state index contributed by atoms with van der Waals surface area (Å²) in [6.45, 7) is 3.20. The zero-order chi connectivity index (χ0) is 13.0. The number of carbonyl (C=O) groups excluding carboxylic acids is 2. The number of aromatic carboxylic acids is 1. The van der Waals surface area contributed by atoms with Gasteiger partial charge in [-0.1, -0.05) is 19.9 Å². The van der Waals surface area contributed by atoms with Crippen LogP contribution in [0.3, 0.4) is 0 Å². The highest BCUT2D eigenvalue weighted by Gasteiger charge is 2.16. The van der Waals surface area contributed by atoms with Gasteiger partial charge >= 0.3 is 17.9 Å². The third kappa shape index (κ3) is 3.41. The van der Waals surface area contributed by atoms with Gasteiger partial charge < -0.3 is 9.84 Å². The minimum Gasteiger partial charge on any atom is -0.478 e. The van der Waals surface area contributed by atoms with Crippen LogP contribution in [0.2, 0.25) is 0 Å². The number of carboxylic acid groups (broad SMARTS) is 1. The Morgan fingerprint density at radius 1 is 1.18 bits per heavy atom. The highest BCUT2D eigenvalue weighted by atomic mass is 16.6. The van der Waals surface area contributed by atoms with E-state index < -0.39 is 23.8 Å². The maximum Gasteiger partial charge on any atom is 0.345 e. The molecule has 1 aromatic rings. The molecule has 0 spiro atoms. The fourth-order valence-corrected chi connectivity index (χ4v) is 1.05. The predicted molar refractivity (Wildman–Crippen MR) is 58.7 cm³/mol. The van der Waals surface area contributed by atoms with Crippen LogP contribution in [0.5, 0.6) is 0 Å². The van der Waals surface area contributed by atoms with E-state index in [1.54, 1.807) is 13.8 Å². The van der Waals surface area contributed by atoms with Gasteiger partial charge in [-0.3, -0.25) is 4.79 Å². The monoisotopic (exact) mass is 236 g/mol. The zero-order valence-electron chi connectivity index (χ0n) is 9.47. The predicted octanol–water partition coefficient (Wildman–Crippen LogP) is 1.72. The summed E-state index contributed by atoms with van der Waals surface area (Å²) in [5.74, 6) is -3.04. The van der Waals surface area contributed by atoms with Crippen molar-refractivity contribution in [1.29, 1.82) is 0 Å². The van der Waals surface area contributed by atoms with Gasteiger partial charge in [0.15, 0.2) is 0 Å². The second kappa shape index (κ2) is 5.25. The molecule has 0 heterocycles. The highest BCUT2D eigenvalue weighted by molar-refractivity contribution is 5.99. The van der Waals surface area contributed by atoms with Crippen molar-refractivity contribution in [3.05, 3.63) is 35.4 Å². The molecule has 5 heteroatoms. The maximum absolute atomic E-state index is 11.5. The summed E-state index contributed by atoms with van der Waals surface area (Å²) in [5.41, 5.74) is 0.00958. The average molecular weight is 236 g/mol. The lowest BCUT2D eigenvalue weighted by atomic mass is 10.1. The molecule has 0 amide bonds. The third-order valence-electron chi connectivity index (χ3n) is 2.01. The van der Waals surface area contributed by atoms with Crippen molar-refractivity contribution in [1.82, 2.24) is 0 Å². The quantitative estimate of drug-likeness (QED) is 0.638. The zero-order valence-corrected chi connectivity index (χ0v) is 9.47. The lowest BCUT2D eigenvalue weighted by Crippen LogP contribution is -2.17. The number of ether oxygens (including phenoxy) is 1. The first-order valence-corrected chi connectivity index (χ1v) is 5.01. The Bertz CT molecular complexity index is 462. The molecule has 0 aliphatic rings. The number of carbonyl (C=O) groups is 3. The van der Waals surface area contributed by atoms with Crippen molar-refractivity contribution in [2.75, 3.05) is 0 Å². The van der Waals surface area contributed by atoms with E-state index in [0.717, 1.165) is 6.07 Å². The van der Waals surface area contributed by atoms with Crippen LogP contribution in [0.15, 0.2) is 24.3 Å². The van der Waals surface area contributed by atoms with E-state index >= 15 is 0 Å². The SMILES string of the molecule is CC(C)C(=O)OC(=O)c1cccc(C(=O)O)c1. The number of benzene rings is 1. The van der Waals surface area contributed by atoms with E-state index in [1.807, 2.05) is 0 Å². The smallest absolute Gasteiger partial charge is 0.345 e. The van der Waals surface area contributed by atoms with E-state index in [-0.39, 0.29) is 11.1 Å². The molecule has 0 fully saturated rings. The first kappa shape index (κ1) is 12.9. The Kier molecular flexibility index (Phi) is 3.98. The molecule has 1 rings (SSSR count). The van der Waals surface area contributed by atoms with Crippen LogP contribution in [0.1, 0.15) is 34.6 Å². The van der Waals surface area contributed by atoms with Crippen molar-refractivity contribution in [3.63, 3.8) is 0 Å². The third-order valence-corrected chi connectivity index (χ3v) is 2.01. The van der Waals surface area contributed by atoms with Gasteiger partial charge in [-0.2, -0.15) is 0 Å². The summed E-state index contributed by atoms with van der Waals surface area (Å²) in [7, 11) is 0. The summed E-state index contributed by atoms with van der Waals surface area (Å²) < 4.78 is 4.56. The van der Waals surface area contributed by atoms with Crippen LogP contribution in [-0.2, 0) is 9.53 Å². The van der Waals surface area contributed by atoms with E-state index in [4.69, 9.17) is 5.11 Å². The van der Waals surface area contributed by atoms with Crippen LogP contribution in [0, 0.1) is 5.92 Å². The van der Waals surface area contributed by atoms with Gasteiger partial charge in [0.1, 0.15) is 0 Å². The average Bonchev–Trinajstić information content (AvgIpc) is 2.28. The molecule has 17 heavy (non-hydrogen) atoms. The van der Waals surface area contributed by atoms with Gasteiger partial charge in [0.05, 0.1) is 17.0 Å². The molecular formula is C12H12O5. The molecule has 0 saturated carbocycles. The standard InChI is InChI=1S/C12H12O5/c1-7(2)11(15)17-12(16)9-5-3-4-8(6-9)10(13)14/h3-7H,1-2H3,(H,13,14). The molecule has 1 N–H and O–H groups in total. The van der Waals surface area contributed by atoms with Gasteiger partial charge in [-0.25, -0.2) is 9.59 Å². The van der Waals surface area contributed by atoms with Gasteiger partial charge in [0.25, 0.3) is 0 Å². The Balaban J connectivity index is 2.86. The molecule has 0 aromatic heterocycles. The minimum absolute atomic E-state index is 0.0311. The largest absolute Gasteiger partial charge is 0.478 e. The summed E-state index contributed by atoms with van der Waals surface area (Å²) >= 11 is 0. The number of esters is 2. The molecule has 0 atom stereocenters. The molecule has 0 unspecified atom stereocenters. The van der Waals surface area contributed by atoms with Crippen molar-refractivity contribution in [2.45, 2.75) is 13.8 Å². The van der Waals surface area contributed by atoms with E-state index in [2.05, 4.69) is 4.74 Å². The van der Waals surface area contributed by atoms with E-state index in [0.29, 0.717) is 0 Å². The van der Waals surface area contributed by atoms with Crippen LogP contribution < -0.4 is 0 Å². The van der Waals surface area contributed by atoms with Crippen LogP contribution in [0.25, 0.3) is 0 Å². The summed E-state index contributed by atoms with van der Waals surface area (Å²) in [6, 6.07) is 5.32. The fourth-order valence-electron chi connectivity index (χ4n) is 1.05. The molecular weight excluding hydrogens is 224 g/mol. The molecule has 0 bridgehead atoms. The molecule has 0 aliphatic heterocycles. The normalized spacial score (nSPS) is 10.1. The first-order chi connectivity index (χ1) is 7.91. The van der Waals surface area contributed by atoms with Gasteiger partial charge in [0.2, 0.25) is 0 Å². The van der Waals surface area contributed by atoms with Crippen molar-refractivity contribution in [2.24, 2.45) is 5.92 Å². The Morgan fingerprint density at radius 2 is 1.76 bits per heavy atom. The second-order valence-electron chi connectivity index (χ2n) is 3.75. The lowest BCUT2D eigenvalue weighted by Gasteiger charge is -2.05. The van der Waals surface area contributed by atoms with Gasteiger partial charge in [0, 0.05) is 0 Å². The Morgan fingerprint density at radius 3 is 2.29 bits per heavy atom. The number of hydrogen-bond acceptors (Lipinski definition) is 4. The van der Waals surface area contributed by atoms with Gasteiger partial charge in [-0.15, -0.1) is 0 Å². The second-order valence-corrected chi connectivity index (χ2v) is 3.75. The van der Waals surface area contributed by atoms with Crippen LogP contribution >= 0.6 is 0 Å². The Labute approximate surface area is 98.0 Å². The highest BCUT2D eigenvalue weighted by Crippen LogP contribution is 2.08. The van der Waals surface area contributed by atoms with Crippen LogP contribution in [-0.4, -0.2) is 23.0 Å². The van der Waals surface area contributed by atoms with E-state index in [1.165, 1.54) is 18.2 Å². The van der Waals surface area contributed by atoms with E-state index in [9.17, 15) is 14.4 Å². The van der Waals surface area contributed by atoms with Gasteiger partial charge in [-0.05, 0) is 18.2 Å². The molecule has 0 aliphatic carbocycles. The lowest BCUT2D eigenvalue weighted by molar-refractivity contribution is -0.141. The summed E-state index contributed by atoms with van der Waals surface area (Å²) in [6.07, 6.45) is 0. The first-order valence-electron chi connectivity index (χ1n) is 5.01. The number of rotatable bonds is 3. The molecule has 90 valence electrons. The summed E-state index contributed by atoms with van der Waals surface area (Å²) in [5, 5.41) is 8.74. The molecule has 0 saturated heterocycles. The molecule has 5 nitrogen and oxygen atoms in total. The maximum atomic E-state index is 11.5. The van der Waals surface area contributed by atoms with Crippen molar-refractivity contribution < 1.29 is 24.2 Å². The van der Waals surface area contributed by atoms with Crippen molar-refractivity contribution in [3.8, 4) is 0 Å². The minimum atomic E-state index is -1.14. The molecule has 0 radical (unpaired) electrons. The number of hydrogen-bond donors (Lipinski definition) is 1. The Hall–Kier alpha value is -2.17. The summed E-state index contributed by atoms with van der Waals surface area (Å²) in [4.78, 5) is 33.4. The fraction of sp³-hybridized carbons (Fsp3) is 0.250. The van der Waals surface area contributed by atoms with Crippen LogP contribution in [0.4, 0.5) is 0 Å². The topological polar surface area (TPSA) is 80.7 Å². The number of carboxylic acids is 1. The van der Waals surface area contributed by atoms with Crippen molar-refractivity contribution >= 4 is 17.9 Å². The molecule has 1 aromatic carbocycles.